The molecule has 0 bridgehead atoms. The number of aryl methyl sites for hydroxylation is 1. The van der Waals surface area contributed by atoms with Crippen molar-refractivity contribution in [3.63, 3.8) is 0 Å². The molecule has 0 aromatic heterocycles. The smallest absolute Gasteiger partial charge is 0.0691 e. The maximum atomic E-state index is 5.56. The number of terminal acetylenes is 1. The Morgan fingerprint density at radius 2 is 2.41 bits per heavy atom. The van der Waals surface area contributed by atoms with Gasteiger partial charge >= 0.3 is 0 Å². The Bertz CT molecular complexity index is 433. The van der Waals surface area contributed by atoms with Crippen molar-refractivity contribution < 1.29 is 0 Å². The first-order valence-electron chi connectivity index (χ1n) is 6.25. The van der Waals surface area contributed by atoms with Crippen molar-refractivity contribution in [2.45, 2.75) is 44.7 Å². The molecule has 1 aromatic carbocycles. The Kier molecular flexibility index (Phi) is 4.25. The molecule has 2 atom stereocenters. The Morgan fingerprint density at radius 3 is 3.12 bits per heavy atom. The van der Waals surface area contributed by atoms with Crippen molar-refractivity contribution in [2.24, 2.45) is 0 Å². The number of hydrogen-bond donors (Lipinski definition) is 1. The van der Waals surface area contributed by atoms with Crippen molar-refractivity contribution in [3.8, 4) is 12.3 Å². The summed E-state index contributed by atoms with van der Waals surface area (Å²) >= 11 is 3.52. The van der Waals surface area contributed by atoms with Gasteiger partial charge in [0, 0.05) is 10.5 Å². The number of hydrogen-bond acceptors (Lipinski definition) is 1. The van der Waals surface area contributed by atoms with Gasteiger partial charge in [0.1, 0.15) is 0 Å². The van der Waals surface area contributed by atoms with E-state index in [-0.39, 0.29) is 6.04 Å². The number of nitrogens with one attached hydrogen (secondary N) is 1. The first-order valence-corrected chi connectivity index (χ1v) is 7.04. The molecule has 1 N–H and O–H groups in total. The van der Waals surface area contributed by atoms with E-state index < -0.39 is 0 Å². The lowest BCUT2D eigenvalue weighted by Crippen LogP contribution is -2.30. The van der Waals surface area contributed by atoms with Crippen LogP contribution in [0.2, 0.25) is 0 Å². The van der Waals surface area contributed by atoms with E-state index in [4.69, 9.17) is 6.42 Å². The molecular formula is C15H18BrN. The Balaban J connectivity index is 2.09. The van der Waals surface area contributed by atoms with E-state index in [0.717, 1.165) is 25.7 Å². The van der Waals surface area contributed by atoms with E-state index in [1.54, 1.807) is 0 Å². The van der Waals surface area contributed by atoms with Crippen molar-refractivity contribution in [3.05, 3.63) is 33.8 Å². The first-order chi connectivity index (χ1) is 8.24. The van der Waals surface area contributed by atoms with E-state index >= 15 is 0 Å². The van der Waals surface area contributed by atoms with Crippen LogP contribution >= 0.6 is 15.9 Å². The summed E-state index contributed by atoms with van der Waals surface area (Å²) in [5.74, 6) is 2.85. The molecule has 0 fully saturated rings. The second-order valence-electron chi connectivity index (χ2n) is 4.61. The first kappa shape index (κ1) is 12.7. The molecule has 0 radical (unpaired) electrons. The SMILES string of the molecule is C#CC(CCC)NC1CCc2cc(Br)ccc21. The second-order valence-corrected chi connectivity index (χ2v) is 5.52. The monoisotopic (exact) mass is 291 g/mol. The Labute approximate surface area is 112 Å². The molecule has 0 saturated carbocycles. The van der Waals surface area contributed by atoms with Crippen molar-refractivity contribution in [1.82, 2.24) is 5.32 Å². The summed E-state index contributed by atoms with van der Waals surface area (Å²) in [5.41, 5.74) is 2.87. The zero-order chi connectivity index (χ0) is 12.3. The molecule has 1 aliphatic rings. The number of rotatable bonds is 4. The van der Waals surface area contributed by atoms with Gasteiger partial charge in [0.2, 0.25) is 0 Å². The van der Waals surface area contributed by atoms with E-state index in [1.807, 2.05) is 0 Å². The Morgan fingerprint density at radius 1 is 1.59 bits per heavy atom. The van der Waals surface area contributed by atoms with Gasteiger partial charge in [-0.3, -0.25) is 5.32 Å². The third-order valence-corrected chi connectivity index (χ3v) is 3.86. The van der Waals surface area contributed by atoms with E-state index in [0.29, 0.717) is 6.04 Å². The highest BCUT2D eigenvalue weighted by atomic mass is 79.9. The van der Waals surface area contributed by atoms with Crippen LogP contribution in [0.1, 0.15) is 43.4 Å². The molecule has 0 aliphatic heterocycles. The highest BCUT2D eigenvalue weighted by Crippen LogP contribution is 2.33. The van der Waals surface area contributed by atoms with E-state index in [9.17, 15) is 0 Å². The zero-order valence-electron chi connectivity index (χ0n) is 10.2. The van der Waals surface area contributed by atoms with Gasteiger partial charge in [0.05, 0.1) is 6.04 Å². The molecule has 2 rings (SSSR count). The second kappa shape index (κ2) is 5.71. The van der Waals surface area contributed by atoms with Crippen molar-refractivity contribution in [2.75, 3.05) is 0 Å². The zero-order valence-corrected chi connectivity index (χ0v) is 11.8. The van der Waals surface area contributed by atoms with Crippen LogP contribution in [0.3, 0.4) is 0 Å². The third kappa shape index (κ3) is 2.91. The van der Waals surface area contributed by atoms with Crippen LogP contribution in [0.5, 0.6) is 0 Å². The van der Waals surface area contributed by atoms with Crippen molar-refractivity contribution >= 4 is 15.9 Å². The van der Waals surface area contributed by atoms with Gasteiger partial charge in [-0.25, -0.2) is 0 Å². The van der Waals surface area contributed by atoms with Gasteiger partial charge in [0.25, 0.3) is 0 Å². The maximum absolute atomic E-state index is 5.56. The highest BCUT2D eigenvalue weighted by molar-refractivity contribution is 9.10. The van der Waals surface area contributed by atoms with Gasteiger partial charge in [-0.1, -0.05) is 41.3 Å². The molecule has 0 saturated heterocycles. The van der Waals surface area contributed by atoms with Crippen LogP contribution in [0.25, 0.3) is 0 Å². The number of fused-ring (bicyclic) bond motifs is 1. The summed E-state index contributed by atoms with van der Waals surface area (Å²) in [6.45, 7) is 2.17. The van der Waals surface area contributed by atoms with Crippen LogP contribution in [0.15, 0.2) is 22.7 Å². The molecule has 0 heterocycles. The lowest BCUT2D eigenvalue weighted by atomic mass is 10.1. The molecule has 2 heteroatoms. The van der Waals surface area contributed by atoms with Gasteiger partial charge in [-0.05, 0) is 42.5 Å². The van der Waals surface area contributed by atoms with Crippen LogP contribution < -0.4 is 5.32 Å². The fraction of sp³-hybridized carbons (Fsp3) is 0.467. The quantitative estimate of drug-likeness (QED) is 0.832. The predicted molar refractivity (Wildman–Crippen MR) is 75.9 cm³/mol. The van der Waals surface area contributed by atoms with Gasteiger partial charge < -0.3 is 0 Å². The van der Waals surface area contributed by atoms with Crippen LogP contribution in [-0.2, 0) is 6.42 Å². The highest BCUT2D eigenvalue weighted by Gasteiger charge is 2.23. The van der Waals surface area contributed by atoms with E-state index in [2.05, 4.69) is 52.3 Å². The maximum Gasteiger partial charge on any atom is 0.0691 e. The third-order valence-electron chi connectivity index (χ3n) is 3.36. The summed E-state index contributed by atoms with van der Waals surface area (Å²) < 4.78 is 1.17. The minimum atomic E-state index is 0.208. The molecule has 17 heavy (non-hydrogen) atoms. The predicted octanol–water partition coefficient (Wildman–Crippen LogP) is 3.83. The van der Waals surface area contributed by atoms with Crippen molar-refractivity contribution in [1.29, 1.82) is 0 Å². The normalized spacial score (nSPS) is 19.7. The molecule has 1 aromatic rings. The summed E-state index contributed by atoms with van der Waals surface area (Å²) in [4.78, 5) is 0. The average molecular weight is 292 g/mol. The van der Waals surface area contributed by atoms with Gasteiger partial charge in [-0.15, -0.1) is 6.42 Å². The number of benzene rings is 1. The minimum absolute atomic E-state index is 0.208. The molecular weight excluding hydrogens is 274 g/mol. The topological polar surface area (TPSA) is 12.0 Å². The molecule has 1 nitrogen and oxygen atoms in total. The standard InChI is InChI=1S/C15H18BrN/c1-3-5-13(4-2)17-15-9-6-11-10-12(16)7-8-14(11)15/h2,7-8,10,13,15,17H,3,5-6,9H2,1H3. The van der Waals surface area contributed by atoms with Gasteiger partial charge in [-0.2, -0.15) is 0 Å². The van der Waals surface area contributed by atoms with Crippen LogP contribution in [0, 0.1) is 12.3 Å². The molecule has 2 unspecified atom stereocenters. The fourth-order valence-electron chi connectivity index (χ4n) is 2.51. The van der Waals surface area contributed by atoms with Crippen LogP contribution in [0.4, 0.5) is 0 Å². The largest absolute Gasteiger partial charge is 0.297 e. The molecule has 0 amide bonds. The van der Waals surface area contributed by atoms with Gasteiger partial charge in [0.15, 0.2) is 0 Å². The summed E-state index contributed by atoms with van der Waals surface area (Å²) in [6, 6.07) is 7.19. The molecule has 90 valence electrons. The summed E-state index contributed by atoms with van der Waals surface area (Å²) in [7, 11) is 0. The minimum Gasteiger partial charge on any atom is -0.297 e. The summed E-state index contributed by atoms with van der Waals surface area (Å²) in [5, 5.41) is 3.59. The molecule has 0 spiro atoms. The number of halogens is 1. The molecule has 1 aliphatic carbocycles. The lowest BCUT2D eigenvalue weighted by Gasteiger charge is -2.19. The fourth-order valence-corrected chi connectivity index (χ4v) is 2.91. The summed E-state index contributed by atoms with van der Waals surface area (Å²) in [6.07, 6.45) is 10.1. The Hall–Kier alpha value is -0.780. The van der Waals surface area contributed by atoms with E-state index in [1.165, 1.54) is 15.6 Å². The van der Waals surface area contributed by atoms with Crippen LogP contribution in [-0.4, -0.2) is 6.04 Å². The lowest BCUT2D eigenvalue weighted by molar-refractivity contribution is 0.468. The average Bonchev–Trinajstić information content (AvgIpc) is 2.71.